The van der Waals surface area contributed by atoms with Gasteiger partial charge in [-0.1, -0.05) is 29.8 Å². The van der Waals surface area contributed by atoms with Gasteiger partial charge in [0, 0.05) is 16.1 Å². The molecule has 0 radical (unpaired) electrons. The van der Waals surface area contributed by atoms with Gasteiger partial charge in [-0.3, -0.25) is 0 Å². The molecule has 2 N–H and O–H groups in total. The van der Waals surface area contributed by atoms with E-state index in [0.29, 0.717) is 34.8 Å². The first-order chi connectivity index (χ1) is 12.5. The second-order valence-corrected chi connectivity index (χ2v) is 6.45. The molecule has 3 aromatic rings. The largest absolute Gasteiger partial charge is 0.478 e. The van der Waals surface area contributed by atoms with E-state index in [2.05, 4.69) is 5.10 Å². The molecule has 0 bridgehead atoms. The lowest BCUT2D eigenvalue weighted by Gasteiger charge is -2.19. The van der Waals surface area contributed by atoms with Crippen molar-refractivity contribution in [1.82, 2.24) is 9.78 Å². The average Bonchev–Trinajstić information content (AvgIpc) is 3.01. The molecule has 1 heterocycles. The molecule has 1 aromatic heterocycles. The molecule has 0 saturated heterocycles. The van der Waals surface area contributed by atoms with E-state index in [1.807, 2.05) is 12.1 Å². The summed E-state index contributed by atoms with van der Waals surface area (Å²) in [6.07, 6.45) is 1.15. The number of benzene rings is 2. The Morgan fingerprint density at radius 1 is 1.04 bits per heavy atom. The molecule has 4 rings (SSSR count). The van der Waals surface area contributed by atoms with Crippen LogP contribution in [0.15, 0.2) is 42.5 Å². The van der Waals surface area contributed by atoms with Crippen molar-refractivity contribution in [1.29, 1.82) is 0 Å². The van der Waals surface area contributed by atoms with Gasteiger partial charge in [-0.2, -0.15) is 5.10 Å². The number of hydrogen-bond donors (Lipinski definition) is 2. The van der Waals surface area contributed by atoms with Crippen molar-refractivity contribution >= 4 is 23.5 Å². The number of aromatic carboxylic acids is 2. The van der Waals surface area contributed by atoms with Gasteiger partial charge in [0.25, 0.3) is 0 Å². The Kier molecular flexibility index (Phi) is 3.77. The number of para-hydroxylation sites is 1. The smallest absolute Gasteiger partial charge is 0.356 e. The highest BCUT2D eigenvalue weighted by Crippen LogP contribution is 2.38. The highest BCUT2D eigenvalue weighted by atomic mass is 35.5. The molecule has 0 spiro atoms. The summed E-state index contributed by atoms with van der Waals surface area (Å²) in [7, 11) is 0. The van der Waals surface area contributed by atoms with Crippen molar-refractivity contribution in [3.8, 4) is 16.9 Å². The molecule has 0 atom stereocenters. The molecular formula is C19H13ClN2O4. The van der Waals surface area contributed by atoms with Gasteiger partial charge < -0.3 is 10.2 Å². The van der Waals surface area contributed by atoms with Crippen LogP contribution in [-0.4, -0.2) is 31.9 Å². The molecular weight excluding hydrogens is 356 g/mol. The molecule has 1 aliphatic rings. The summed E-state index contributed by atoms with van der Waals surface area (Å²) in [5, 5.41) is 23.9. The molecule has 0 saturated carbocycles. The van der Waals surface area contributed by atoms with Crippen LogP contribution in [0.25, 0.3) is 16.9 Å². The van der Waals surface area contributed by atoms with E-state index < -0.39 is 11.9 Å². The van der Waals surface area contributed by atoms with Crippen LogP contribution in [0.4, 0.5) is 0 Å². The number of carbonyl (C=O) groups is 2. The van der Waals surface area contributed by atoms with Gasteiger partial charge in [0.05, 0.1) is 16.9 Å². The third-order valence-electron chi connectivity index (χ3n) is 4.52. The Morgan fingerprint density at radius 3 is 2.54 bits per heavy atom. The van der Waals surface area contributed by atoms with E-state index in [1.165, 1.54) is 10.7 Å². The molecule has 7 heteroatoms. The van der Waals surface area contributed by atoms with Crippen molar-refractivity contribution in [3.63, 3.8) is 0 Å². The maximum atomic E-state index is 11.7. The average molecular weight is 369 g/mol. The van der Waals surface area contributed by atoms with Gasteiger partial charge in [0.1, 0.15) is 0 Å². The number of carboxylic acid groups (broad SMARTS) is 2. The van der Waals surface area contributed by atoms with Gasteiger partial charge in [-0.15, -0.1) is 0 Å². The van der Waals surface area contributed by atoms with Gasteiger partial charge in [0.15, 0.2) is 5.69 Å². The maximum absolute atomic E-state index is 11.7. The van der Waals surface area contributed by atoms with Crippen LogP contribution in [0.2, 0.25) is 5.02 Å². The summed E-state index contributed by atoms with van der Waals surface area (Å²) >= 11 is 6.09. The topological polar surface area (TPSA) is 92.4 Å². The number of rotatable bonds is 3. The predicted molar refractivity (Wildman–Crippen MR) is 95.3 cm³/mol. The first kappa shape index (κ1) is 16.4. The maximum Gasteiger partial charge on any atom is 0.356 e. The summed E-state index contributed by atoms with van der Waals surface area (Å²) in [5.41, 5.74) is 3.33. The number of aromatic nitrogens is 2. The Morgan fingerprint density at radius 2 is 1.81 bits per heavy atom. The van der Waals surface area contributed by atoms with Crippen molar-refractivity contribution in [3.05, 3.63) is 69.9 Å². The van der Waals surface area contributed by atoms with Crippen LogP contribution >= 0.6 is 11.6 Å². The van der Waals surface area contributed by atoms with Crippen molar-refractivity contribution in [2.45, 2.75) is 12.8 Å². The van der Waals surface area contributed by atoms with E-state index in [0.717, 1.165) is 11.1 Å². The molecule has 0 amide bonds. The van der Waals surface area contributed by atoms with Gasteiger partial charge in [0.2, 0.25) is 0 Å². The molecule has 26 heavy (non-hydrogen) atoms. The summed E-state index contributed by atoms with van der Waals surface area (Å²) in [4.78, 5) is 23.3. The van der Waals surface area contributed by atoms with Crippen LogP contribution < -0.4 is 0 Å². The van der Waals surface area contributed by atoms with E-state index in [1.54, 1.807) is 24.3 Å². The molecule has 0 fully saturated rings. The zero-order valence-corrected chi connectivity index (χ0v) is 14.2. The summed E-state index contributed by atoms with van der Waals surface area (Å²) in [5.74, 6) is -2.24. The zero-order valence-electron chi connectivity index (χ0n) is 13.4. The van der Waals surface area contributed by atoms with E-state index in [-0.39, 0.29) is 11.3 Å². The van der Waals surface area contributed by atoms with Crippen molar-refractivity contribution in [2.75, 3.05) is 0 Å². The van der Waals surface area contributed by atoms with Crippen LogP contribution in [0.1, 0.15) is 32.0 Å². The van der Waals surface area contributed by atoms with Gasteiger partial charge >= 0.3 is 11.9 Å². The fraction of sp³-hybridized carbons (Fsp3) is 0.105. The van der Waals surface area contributed by atoms with Gasteiger partial charge in [-0.05, 0) is 42.7 Å². The predicted octanol–water partition coefficient (Wildman–Crippen LogP) is 3.69. The summed E-state index contributed by atoms with van der Waals surface area (Å²) in [6.45, 7) is 0. The first-order valence-corrected chi connectivity index (χ1v) is 8.32. The minimum atomic E-state index is -1.13. The number of fused-ring (bicyclic) bond motifs is 3. The van der Waals surface area contributed by atoms with Crippen LogP contribution in [-0.2, 0) is 12.8 Å². The van der Waals surface area contributed by atoms with Gasteiger partial charge in [-0.25, -0.2) is 14.3 Å². The van der Waals surface area contributed by atoms with E-state index in [4.69, 9.17) is 11.6 Å². The van der Waals surface area contributed by atoms with E-state index in [9.17, 15) is 19.8 Å². The number of halogens is 1. The SMILES string of the molecule is O=C(O)c1ccccc1-n1nc(C(=O)O)c2c1-c1ccc(Cl)cc1CC2. The summed E-state index contributed by atoms with van der Waals surface area (Å²) in [6, 6.07) is 11.8. The molecule has 0 aliphatic heterocycles. The second-order valence-electron chi connectivity index (χ2n) is 6.02. The standard InChI is InChI=1S/C19H13ClN2O4/c20-11-6-8-12-10(9-11)5-7-14-16(19(25)26)21-22(17(12)14)15-4-2-1-3-13(15)18(23)24/h1-4,6,8-9H,5,7H2,(H,23,24)(H,25,26). The quantitative estimate of drug-likeness (QED) is 0.735. The minimum Gasteiger partial charge on any atom is -0.478 e. The lowest BCUT2D eigenvalue weighted by Crippen LogP contribution is -2.10. The number of nitrogens with zero attached hydrogens (tertiary/aromatic N) is 2. The third kappa shape index (κ3) is 2.46. The highest BCUT2D eigenvalue weighted by molar-refractivity contribution is 6.30. The minimum absolute atomic E-state index is 0.0517. The first-order valence-electron chi connectivity index (χ1n) is 7.94. The van der Waals surface area contributed by atoms with Crippen LogP contribution in [0.5, 0.6) is 0 Å². The third-order valence-corrected chi connectivity index (χ3v) is 4.75. The second kappa shape index (κ2) is 6.00. The molecule has 130 valence electrons. The monoisotopic (exact) mass is 368 g/mol. The lowest BCUT2D eigenvalue weighted by atomic mass is 9.88. The number of carboxylic acids is 2. The number of hydrogen-bond acceptors (Lipinski definition) is 3. The Bertz CT molecular complexity index is 1070. The molecule has 2 aromatic carbocycles. The van der Waals surface area contributed by atoms with Crippen LogP contribution in [0, 0.1) is 0 Å². The van der Waals surface area contributed by atoms with Crippen molar-refractivity contribution in [2.24, 2.45) is 0 Å². The summed E-state index contributed by atoms with van der Waals surface area (Å²) < 4.78 is 1.42. The van der Waals surface area contributed by atoms with Crippen LogP contribution in [0.3, 0.4) is 0 Å². The lowest BCUT2D eigenvalue weighted by molar-refractivity contribution is 0.0683. The normalized spacial score (nSPS) is 12.3. The Hall–Kier alpha value is -3.12. The fourth-order valence-electron chi connectivity index (χ4n) is 3.41. The fourth-order valence-corrected chi connectivity index (χ4v) is 3.60. The molecule has 0 unspecified atom stereocenters. The molecule has 6 nitrogen and oxygen atoms in total. The van der Waals surface area contributed by atoms with E-state index >= 15 is 0 Å². The Balaban J connectivity index is 2.06. The Labute approximate surface area is 153 Å². The highest BCUT2D eigenvalue weighted by Gasteiger charge is 2.30. The van der Waals surface area contributed by atoms with Crippen molar-refractivity contribution < 1.29 is 19.8 Å². The number of aryl methyl sites for hydroxylation is 1. The molecule has 1 aliphatic carbocycles. The zero-order chi connectivity index (χ0) is 18.4.